The predicted molar refractivity (Wildman–Crippen MR) is 125 cm³/mol. The van der Waals surface area contributed by atoms with E-state index in [0.29, 0.717) is 21.4 Å². The highest BCUT2D eigenvalue weighted by atomic mass is 32.2. The SMILES string of the molecule is CS(=O)(=O)c1ccc(-c2ncnc3ccc(-c4c[nH]nc4-c4ccc5c(c4)OCO5)cc23)s1. The van der Waals surface area contributed by atoms with Gasteiger partial charge in [-0.25, -0.2) is 18.4 Å². The number of thiophene rings is 1. The van der Waals surface area contributed by atoms with Crippen LogP contribution in [0.3, 0.4) is 0 Å². The van der Waals surface area contributed by atoms with Crippen LogP contribution in [0.25, 0.3) is 43.9 Å². The van der Waals surface area contributed by atoms with Gasteiger partial charge in [-0.2, -0.15) is 5.10 Å². The zero-order valence-corrected chi connectivity index (χ0v) is 18.9. The maximum Gasteiger partial charge on any atom is 0.231 e. The van der Waals surface area contributed by atoms with Crippen molar-refractivity contribution < 1.29 is 17.9 Å². The van der Waals surface area contributed by atoms with Crippen molar-refractivity contribution in [3.05, 3.63) is 61.1 Å². The van der Waals surface area contributed by atoms with Crippen molar-refractivity contribution in [3.8, 4) is 44.5 Å². The molecular weight excluding hydrogens is 460 g/mol. The Hall–Kier alpha value is -3.76. The number of sulfone groups is 1. The van der Waals surface area contributed by atoms with E-state index in [1.165, 1.54) is 23.9 Å². The molecule has 0 bridgehead atoms. The van der Waals surface area contributed by atoms with Crippen molar-refractivity contribution in [2.75, 3.05) is 13.0 Å². The van der Waals surface area contributed by atoms with Gasteiger partial charge >= 0.3 is 0 Å². The summed E-state index contributed by atoms with van der Waals surface area (Å²) < 4.78 is 35.1. The number of hydrogen-bond acceptors (Lipinski definition) is 8. The molecule has 0 spiro atoms. The van der Waals surface area contributed by atoms with E-state index in [4.69, 9.17) is 9.47 Å². The first kappa shape index (κ1) is 19.9. The van der Waals surface area contributed by atoms with Crippen LogP contribution in [0, 0.1) is 0 Å². The van der Waals surface area contributed by atoms with Gasteiger partial charge < -0.3 is 9.47 Å². The molecule has 0 fully saturated rings. The molecule has 0 saturated heterocycles. The fraction of sp³-hybridized carbons (Fsp3) is 0.0870. The molecule has 6 rings (SSSR count). The van der Waals surface area contributed by atoms with Gasteiger partial charge in [-0.15, -0.1) is 11.3 Å². The predicted octanol–water partition coefficient (Wildman–Crippen LogP) is 4.55. The third kappa shape index (κ3) is 3.43. The number of rotatable bonds is 4. The monoisotopic (exact) mass is 476 g/mol. The summed E-state index contributed by atoms with van der Waals surface area (Å²) in [5, 5.41) is 8.25. The summed E-state index contributed by atoms with van der Waals surface area (Å²) in [5.41, 5.74) is 4.98. The smallest absolute Gasteiger partial charge is 0.231 e. The molecule has 33 heavy (non-hydrogen) atoms. The Balaban J connectivity index is 1.47. The van der Waals surface area contributed by atoms with E-state index in [2.05, 4.69) is 20.2 Å². The van der Waals surface area contributed by atoms with Gasteiger partial charge in [0.2, 0.25) is 6.79 Å². The van der Waals surface area contributed by atoms with Gasteiger partial charge in [-0.3, -0.25) is 5.10 Å². The first-order chi connectivity index (χ1) is 16.0. The van der Waals surface area contributed by atoms with E-state index in [-0.39, 0.29) is 6.79 Å². The molecular formula is C23H16N4O4S2. The van der Waals surface area contributed by atoms with E-state index in [1.807, 2.05) is 42.6 Å². The fourth-order valence-corrected chi connectivity index (χ4v) is 5.78. The topological polar surface area (TPSA) is 107 Å². The quantitative estimate of drug-likeness (QED) is 0.406. The number of nitrogens with zero attached hydrogens (tertiary/aromatic N) is 3. The summed E-state index contributed by atoms with van der Waals surface area (Å²) in [7, 11) is -3.28. The van der Waals surface area contributed by atoms with E-state index >= 15 is 0 Å². The highest BCUT2D eigenvalue weighted by Gasteiger charge is 2.19. The van der Waals surface area contributed by atoms with Crippen LogP contribution in [0.5, 0.6) is 11.5 Å². The molecule has 1 N–H and O–H groups in total. The van der Waals surface area contributed by atoms with Gasteiger partial charge in [0, 0.05) is 29.0 Å². The van der Waals surface area contributed by atoms with Gasteiger partial charge in [-0.05, 0) is 48.0 Å². The van der Waals surface area contributed by atoms with Crippen LogP contribution < -0.4 is 9.47 Å². The van der Waals surface area contributed by atoms with E-state index < -0.39 is 9.84 Å². The van der Waals surface area contributed by atoms with Gasteiger partial charge in [0.05, 0.1) is 21.8 Å². The lowest BCUT2D eigenvalue weighted by atomic mass is 9.99. The largest absolute Gasteiger partial charge is 0.454 e. The molecule has 1 aliphatic heterocycles. The Labute approximate surface area is 192 Å². The molecule has 3 aromatic heterocycles. The highest BCUT2D eigenvalue weighted by Crippen LogP contribution is 2.40. The highest BCUT2D eigenvalue weighted by molar-refractivity contribution is 7.92. The van der Waals surface area contributed by atoms with Crippen molar-refractivity contribution in [1.82, 2.24) is 20.2 Å². The summed E-state index contributed by atoms with van der Waals surface area (Å²) in [6.45, 7) is 0.212. The maximum absolute atomic E-state index is 11.9. The normalized spacial score (nSPS) is 13.0. The Morgan fingerprint density at radius 2 is 1.79 bits per heavy atom. The number of hydrogen-bond donors (Lipinski definition) is 1. The lowest BCUT2D eigenvalue weighted by molar-refractivity contribution is 0.174. The van der Waals surface area contributed by atoms with E-state index in [0.717, 1.165) is 38.2 Å². The number of nitrogens with one attached hydrogen (secondary N) is 1. The first-order valence-electron chi connectivity index (χ1n) is 9.96. The zero-order valence-electron chi connectivity index (χ0n) is 17.3. The number of benzene rings is 2. The molecule has 0 unspecified atom stereocenters. The zero-order chi connectivity index (χ0) is 22.6. The second-order valence-corrected chi connectivity index (χ2v) is 10.9. The molecule has 5 aromatic rings. The summed E-state index contributed by atoms with van der Waals surface area (Å²) in [5.74, 6) is 1.41. The van der Waals surface area contributed by atoms with Gasteiger partial charge in [0.15, 0.2) is 21.3 Å². The van der Waals surface area contributed by atoms with Crippen LogP contribution in [0.1, 0.15) is 0 Å². The van der Waals surface area contributed by atoms with Crippen LogP contribution in [0.15, 0.2) is 65.3 Å². The summed E-state index contributed by atoms with van der Waals surface area (Å²) >= 11 is 1.20. The Morgan fingerprint density at radius 1 is 0.939 bits per heavy atom. The Kier molecular flexibility index (Phi) is 4.46. The van der Waals surface area contributed by atoms with Crippen molar-refractivity contribution in [3.63, 3.8) is 0 Å². The summed E-state index contributed by atoms with van der Waals surface area (Å²) in [6.07, 6.45) is 4.54. The summed E-state index contributed by atoms with van der Waals surface area (Å²) in [4.78, 5) is 9.62. The fourth-order valence-electron chi connectivity index (χ4n) is 3.84. The molecule has 4 heterocycles. The van der Waals surface area contributed by atoms with Crippen LogP contribution in [0.2, 0.25) is 0 Å². The number of H-pyrrole nitrogens is 1. The third-order valence-electron chi connectivity index (χ3n) is 5.41. The van der Waals surface area contributed by atoms with E-state index in [9.17, 15) is 8.42 Å². The molecule has 0 amide bonds. The molecule has 2 aromatic carbocycles. The van der Waals surface area contributed by atoms with Crippen LogP contribution >= 0.6 is 11.3 Å². The van der Waals surface area contributed by atoms with Crippen molar-refractivity contribution >= 4 is 32.1 Å². The Morgan fingerprint density at radius 3 is 2.64 bits per heavy atom. The van der Waals surface area contributed by atoms with Crippen LogP contribution in [-0.2, 0) is 9.84 Å². The standard InChI is InChI=1S/C23H16N4O4S2/c1-33(28,29)21-7-6-20(32-21)23-15-8-13(2-4-17(15)24-11-25-23)16-10-26-27-22(16)14-3-5-18-19(9-14)31-12-30-18/h2-11H,12H2,1H3,(H,26,27). The number of aromatic amines is 1. The number of ether oxygens (including phenoxy) is 2. The second kappa shape index (κ2) is 7.39. The minimum atomic E-state index is -3.28. The van der Waals surface area contributed by atoms with Crippen molar-refractivity contribution in [1.29, 1.82) is 0 Å². The average molecular weight is 477 g/mol. The van der Waals surface area contributed by atoms with Crippen molar-refractivity contribution in [2.45, 2.75) is 4.21 Å². The molecule has 164 valence electrons. The molecule has 1 aliphatic rings. The molecule has 10 heteroatoms. The van der Waals surface area contributed by atoms with Gasteiger partial charge in [-0.1, -0.05) is 6.07 Å². The summed E-state index contributed by atoms with van der Waals surface area (Å²) in [6, 6.07) is 15.0. The van der Waals surface area contributed by atoms with E-state index in [1.54, 1.807) is 12.1 Å². The Bertz CT molecular complexity index is 1640. The lowest BCUT2D eigenvalue weighted by Crippen LogP contribution is -1.92. The minimum Gasteiger partial charge on any atom is -0.454 e. The molecule has 0 aliphatic carbocycles. The minimum absolute atomic E-state index is 0.212. The van der Waals surface area contributed by atoms with Crippen LogP contribution in [-0.4, -0.2) is 41.6 Å². The second-order valence-electron chi connectivity index (χ2n) is 7.56. The first-order valence-corrected chi connectivity index (χ1v) is 12.7. The average Bonchev–Trinajstić information content (AvgIpc) is 3.57. The lowest BCUT2D eigenvalue weighted by Gasteiger charge is -2.08. The molecule has 0 radical (unpaired) electrons. The van der Waals surface area contributed by atoms with Gasteiger partial charge in [0.1, 0.15) is 10.5 Å². The number of fused-ring (bicyclic) bond motifs is 2. The van der Waals surface area contributed by atoms with Crippen LogP contribution in [0.4, 0.5) is 0 Å². The van der Waals surface area contributed by atoms with Crippen molar-refractivity contribution in [2.24, 2.45) is 0 Å². The molecule has 0 atom stereocenters. The van der Waals surface area contributed by atoms with Gasteiger partial charge in [0.25, 0.3) is 0 Å². The third-order valence-corrected chi connectivity index (χ3v) is 8.32. The number of aromatic nitrogens is 4. The molecule has 8 nitrogen and oxygen atoms in total. The molecule has 0 saturated carbocycles. The maximum atomic E-state index is 11.9.